The molecule has 9 nitrogen and oxygen atoms in total. The Morgan fingerprint density at radius 2 is 1.81 bits per heavy atom. The molecule has 1 N–H and O–H groups in total. The topological polar surface area (TPSA) is 108 Å². The summed E-state index contributed by atoms with van der Waals surface area (Å²) < 4.78 is 11.9. The number of fused-ring (bicyclic) bond motifs is 1. The molecule has 0 saturated carbocycles. The highest BCUT2D eigenvalue weighted by molar-refractivity contribution is 7.15. The molecular weight excluding hydrogens is 611 g/mol. The summed E-state index contributed by atoms with van der Waals surface area (Å²) in [5.74, 6) is 1.03. The van der Waals surface area contributed by atoms with Gasteiger partial charge in [0.1, 0.15) is 22.4 Å². The van der Waals surface area contributed by atoms with Gasteiger partial charge >= 0.3 is 6.09 Å². The lowest BCUT2D eigenvalue weighted by Crippen LogP contribution is -2.57. The third kappa shape index (κ3) is 7.47. The van der Waals surface area contributed by atoms with Crippen LogP contribution in [-0.4, -0.2) is 70.7 Å². The second kappa shape index (κ2) is 13.7. The molecule has 2 amide bonds. The summed E-state index contributed by atoms with van der Waals surface area (Å²) >= 11 is 1.54. The van der Waals surface area contributed by atoms with Crippen molar-refractivity contribution in [1.29, 1.82) is 5.26 Å². The molecule has 1 spiro atoms. The second-order valence-corrected chi connectivity index (χ2v) is 15.1. The molecule has 3 aliphatic rings. The fraction of sp³-hybridized carbons (Fsp3) is 0.514. The molecular formula is C37H45N5O4S. The monoisotopic (exact) mass is 655 g/mol. The minimum atomic E-state index is -0.549. The number of hydrogen-bond donors (Lipinski definition) is 1. The number of piperidine rings is 2. The van der Waals surface area contributed by atoms with E-state index in [9.17, 15) is 14.9 Å². The number of thiazole rings is 1. The summed E-state index contributed by atoms with van der Waals surface area (Å²) in [6.45, 7) is 12.3. The number of hydrogen-bond acceptors (Lipinski definition) is 8. The van der Waals surface area contributed by atoms with Crippen LogP contribution < -0.4 is 10.1 Å². The standard InChI is InChI=1S/C37H45N5O4S/c1-25-26(9-6-12-31(25)45-22-8-18-41-20-16-37(17-21-41)15-7-13-33(43)40-37)27-10-5-11-28(29(27)23-38)34-39-30-14-19-42(24-32(30)47-34)35(44)46-36(2,3)4/h5-6,9-12H,7-8,13-22,24H2,1-4H3,(H,40,43). The lowest BCUT2D eigenvalue weighted by molar-refractivity contribution is -0.126. The molecule has 2 aromatic carbocycles. The van der Waals surface area contributed by atoms with Gasteiger partial charge in [-0.1, -0.05) is 30.3 Å². The van der Waals surface area contributed by atoms with Crippen LogP contribution in [0.15, 0.2) is 36.4 Å². The van der Waals surface area contributed by atoms with Crippen molar-refractivity contribution >= 4 is 23.3 Å². The molecule has 10 heteroatoms. The number of rotatable bonds is 7. The van der Waals surface area contributed by atoms with E-state index in [1.165, 1.54) is 0 Å². The second-order valence-electron chi connectivity index (χ2n) is 14.0. The van der Waals surface area contributed by atoms with Crippen LogP contribution in [0.3, 0.4) is 0 Å². The van der Waals surface area contributed by atoms with Gasteiger partial charge in [-0.3, -0.25) is 4.79 Å². The van der Waals surface area contributed by atoms with E-state index in [-0.39, 0.29) is 17.5 Å². The molecule has 0 radical (unpaired) electrons. The van der Waals surface area contributed by atoms with Gasteiger partial charge in [-0.05, 0) is 77.0 Å². The molecule has 0 atom stereocenters. The maximum Gasteiger partial charge on any atom is 0.410 e. The summed E-state index contributed by atoms with van der Waals surface area (Å²) in [6, 6.07) is 14.4. The molecule has 0 bridgehead atoms. The Morgan fingerprint density at radius 1 is 1.06 bits per heavy atom. The van der Waals surface area contributed by atoms with Crippen LogP contribution in [0.1, 0.15) is 81.0 Å². The van der Waals surface area contributed by atoms with Crippen molar-refractivity contribution in [3.63, 3.8) is 0 Å². The molecule has 2 fully saturated rings. The molecule has 3 aliphatic heterocycles. The number of amides is 2. The van der Waals surface area contributed by atoms with Gasteiger partial charge < -0.3 is 24.6 Å². The summed E-state index contributed by atoms with van der Waals surface area (Å²) in [4.78, 5) is 34.8. The molecule has 6 rings (SSSR count). The van der Waals surface area contributed by atoms with Gasteiger partial charge in [0.25, 0.3) is 0 Å². The summed E-state index contributed by atoms with van der Waals surface area (Å²) in [5, 5.41) is 14.5. The number of carbonyl (C=O) groups is 2. The predicted octanol–water partition coefficient (Wildman–Crippen LogP) is 6.85. The van der Waals surface area contributed by atoms with Gasteiger partial charge in [-0.15, -0.1) is 11.3 Å². The molecule has 248 valence electrons. The highest BCUT2D eigenvalue weighted by atomic mass is 32.1. The van der Waals surface area contributed by atoms with Crippen LogP contribution >= 0.6 is 11.3 Å². The van der Waals surface area contributed by atoms with E-state index in [0.717, 1.165) is 95.3 Å². The zero-order chi connectivity index (χ0) is 33.2. The molecule has 1 aromatic heterocycles. The van der Waals surface area contributed by atoms with Gasteiger partial charge in [0.05, 0.1) is 24.4 Å². The van der Waals surface area contributed by atoms with Gasteiger partial charge in [0, 0.05) is 60.6 Å². The van der Waals surface area contributed by atoms with Crippen molar-refractivity contribution in [2.24, 2.45) is 0 Å². The van der Waals surface area contributed by atoms with E-state index >= 15 is 0 Å². The Hall–Kier alpha value is -3.94. The van der Waals surface area contributed by atoms with E-state index in [1.807, 2.05) is 64.1 Å². The lowest BCUT2D eigenvalue weighted by atomic mass is 9.80. The number of likely N-dealkylation sites (tertiary alicyclic amines) is 1. The van der Waals surface area contributed by atoms with Crippen molar-refractivity contribution in [2.45, 2.75) is 90.3 Å². The van der Waals surface area contributed by atoms with Crippen molar-refractivity contribution in [1.82, 2.24) is 20.1 Å². The number of nitrogens with zero attached hydrogens (tertiary/aromatic N) is 4. The van der Waals surface area contributed by atoms with Crippen molar-refractivity contribution in [2.75, 3.05) is 32.8 Å². The van der Waals surface area contributed by atoms with Gasteiger partial charge in [0.15, 0.2) is 0 Å². The Balaban J connectivity index is 1.11. The first-order valence-electron chi connectivity index (χ1n) is 16.8. The highest BCUT2D eigenvalue weighted by Crippen LogP contribution is 2.39. The van der Waals surface area contributed by atoms with Crippen LogP contribution in [0.25, 0.3) is 21.7 Å². The van der Waals surface area contributed by atoms with Crippen LogP contribution in [0.4, 0.5) is 4.79 Å². The van der Waals surface area contributed by atoms with Crippen LogP contribution in [0.5, 0.6) is 5.75 Å². The summed E-state index contributed by atoms with van der Waals surface area (Å²) in [5.41, 5.74) is 4.65. The van der Waals surface area contributed by atoms with E-state index in [0.29, 0.717) is 38.1 Å². The first-order chi connectivity index (χ1) is 22.5. The Kier molecular flexibility index (Phi) is 9.58. The third-order valence-corrected chi connectivity index (χ3v) is 10.6. The van der Waals surface area contributed by atoms with Gasteiger partial charge in [-0.25, -0.2) is 9.78 Å². The number of ether oxygens (including phenoxy) is 2. The SMILES string of the molecule is Cc1c(OCCCN2CCC3(CCCC(=O)N3)CC2)cccc1-c1cccc(-c2nc3c(s2)CN(C(=O)OC(C)(C)C)CC3)c1C#N. The van der Waals surface area contributed by atoms with E-state index < -0.39 is 5.60 Å². The zero-order valence-electron chi connectivity index (χ0n) is 28.0. The van der Waals surface area contributed by atoms with Gasteiger partial charge in [-0.2, -0.15) is 5.26 Å². The molecule has 4 heterocycles. The minimum absolute atomic E-state index is 0.0153. The Labute approximate surface area is 281 Å². The third-order valence-electron chi connectivity index (χ3n) is 9.52. The van der Waals surface area contributed by atoms with Crippen LogP contribution in [0, 0.1) is 18.3 Å². The zero-order valence-corrected chi connectivity index (χ0v) is 28.8. The average molecular weight is 656 g/mol. The normalized spacial score (nSPS) is 17.9. The number of aromatic nitrogens is 1. The van der Waals surface area contributed by atoms with Crippen molar-refractivity contribution in [3.05, 3.63) is 58.1 Å². The highest BCUT2D eigenvalue weighted by Gasteiger charge is 2.37. The minimum Gasteiger partial charge on any atom is -0.493 e. The maximum atomic E-state index is 12.7. The number of nitrogens with one attached hydrogen (secondary N) is 1. The van der Waals surface area contributed by atoms with Gasteiger partial charge in [0.2, 0.25) is 5.91 Å². The van der Waals surface area contributed by atoms with E-state index in [1.54, 1.807) is 16.2 Å². The molecule has 2 saturated heterocycles. The van der Waals surface area contributed by atoms with Crippen LogP contribution in [0.2, 0.25) is 0 Å². The quantitative estimate of drug-likeness (QED) is 0.277. The summed E-state index contributed by atoms with van der Waals surface area (Å²) in [7, 11) is 0. The molecule has 3 aromatic rings. The summed E-state index contributed by atoms with van der Waals surface area (Å²) in [6.07, 6.45) is 6.07. The first kappa shape index (κ1) is 33.0. The molecule has 0 aliphatic carbocycles. The number of carbonyl (C=O) groups excluding carboxylic acids is 2. The molecule has 0 unspecified atom stereocenters. The van der Waals surface area contributed by atoms with Crippen molar-refractivity contribution < 1.29 is 19.1 Å². The predicted molar refractivity (Wildman–Crippen MR) is 183 cm³/mol. The fourth-order valence-electron chi connectivity index (χ4n) is 6.99. The van der Waals surface area contributed by atoms with Crippen LogP contribution in [-0.2, 0) is 22.5 Å². The maximum absolute atomic E-state index is 12.7. The Bertz CT molecular complexity index is 1680. The van der Waals surface area contributed by atoms with Crippen molar-refractivity contribution in [3.8, 4) is 33.5 Å². The Morgan fingerprint density at radius 3 is 2.55 bits per heavy atom. The largest absolute Gasteiger partial charge is 0.493 e. The van der Waals surface area contributed by atoms with E-state index in [2.05, 4.69) is 16.3 Å². The van der Waals surface area contributed by atoms with E-state index in [4.69, 9.17) is 14.5 Å². The smallest absolute Gasteiger partial charge is 0.410 e. The lowest BCUT2D eigenvalue weighted by Gasteiger charge is -2.44. The fourth-order valence-corrected chi connectivity index (χ4v) is 8.14. The average Bonchev–Trinajstić information content (AvgIpc) is 3.47. The number of nitriles is 1. The molecule has 47 heavy (non-hydrogen) atoms. The first-order valence-corrected chi connectivity index (χ1v) is 17.6. The number of benzene rings is 2.